The molecule has 3 fully saturated rings. The fraction of sp³-hybridized carbons (Fsp3) is 0.588. The Balaban J connectivity index is 1.64. The summed E-state index contributed by atoms with van der Waals surface area (Å²) >= 11 is 0. The van der Waals surface area contributed by atoms with Crippen LogP contribution in [0.25, 0.3) is 0 Å². The van der Waals surface area contributed by atoms with Crippen LogP contribution in [0.3, 0.4) is 0 Å². The van der Waals surface area contributed by atoms with Gasteiger partial charge in [-0.3, -0.25) is 10.1 Å². The highest BCUT2D eigenvalue weighted by atomic mass is 16.2. The van der Waals surface area contributed by atoms with Crippen LogP contribution in [0.2, 0.25) is 0 Å². The minimum atomic E-state index is -0.204. The van der Waals surface area contributed by atoms with Crippen molar-refractivity contribution in [2.45, 2.75) is 63.2 Å². The fourth-order valence-electron chi connectivity index (χ4n) is 3.28. The van der Waals surface area contributed by atoms with Crippen molar-refractivity contribution in [3.05, 3.63) is 35.4 Å². The molecule has 3 heteroatoms. The van der Waals surface area contributed by atoms with Crippen molar-refractivity contribution in [1.82, 2.24) is 10.2 Å². The summed E-state index contributed by atoms with van der Waals surface area (Å²) in [6.07, 6.45) is 4.46. The van der Waals surface area contributed by atoms with Gasteiger partial charge in [0.05, 0.1) is 0 Å². The van der Waals surface area contributed by atoms with Gasteiger partial charge in [-0.2, -0.15) is 0 Å². The van der Waals surface area contributed by atoms with Gasteiger partial charge in [0.25, 0.3) is 0 Å². The molecule has 0 radical (unpaired) electrons. The quantitative estimate of drug-likeness (QED) is 0.916. The first-order chi connectivity index (χ1) is 9.61. The standard InChI is InChI=1S/C17H22N2O/c1-11(2)12-3-5-13(6-4-12)15-18-17(9-10-17)16(20)19(15)14-7-8-14/h3-6,11,14-15,18H,7-10H2,1-2H3. The van der Waals surface area contributed by atoms with E-state index in [4.69, 9.17) is 0 Å². The summed E-state index contributed by atoms with van der Waals surface area (Å²) < 4.78 is 0. The Bertz CT molecular complexity index is 541. The van der Waals surface area contributed by atoms with Crippen LogP contribution in [0.15, 0.2) is 24.3 Å². The van der Waals surface area contributed by atoms with Crippen molar-refractivity contribution in [3.63, 3.8) is 0 Å². The molecule has 4 rings (SSSR count). The lowest BCUT2D eigenvalue weighted by atomic mass is 10.0. The first-order valence-electron chi connectivity index (χ1n) is 7.81. The van der Waals surface area contributed by atoms with Crippen LogP contribution in [-0.2, 0) is 4.79 Å². The molecule has 1 unspecified atom stereocenters. The summed E-state index contributed by atoms with van der Waals surface area (Å²) in [7, 11) is 0. The Hall–Kier alpha value is -1.35. The van der Waals surface area contributed by atoms with E-state index in [0.717, 1.165) is 12.8 Å². The van der Waals surface area contributed by atoms with Gasteiger partial charge >= 0.3 is 0 Å². The van der Waals surface area contributed by atoms with Crippen LogP contribution in [0, 0.1) is 0 Å². The van der Waals surface area contributed by atoms with Gasteiger partial charge in [-0.15, -0.1) is 0 Å². The lowest BCUT2D eigenvalue weighted by molar-refractivity contribution is -0.131. The van der Waals surface area contributed by atoms with Crippen LogP contribution < -0.4 is 5.32 Å². The number of hydrogen-bond acceptors (Lipinski definition) is 2. The second kappa shape index (κ2) is 4.08. The van der Waals surface area contributed by atoms with Crippen LogP contribution >= 0.6 is 0 Å². The van der Waals surface area contributed by atoms with Crippen LogP contribution in [-0.4, -0.2) is 22.4 Å². The Morgan fingerprint density at radius 3 is 2.35 bits per heavy atom. The Kier molecular flexibility index (Phi) is 2.53. The van der Waals surface area contributed by atoms with E-state index in [0.29, 0.717) is 17.9 Å². The van der Waals surface area contributed by atoms with Gasteiger partial charge in [-0.1, -0.05) is 38.1 Å². The normalized spacial score (nSPS) is 27.6. The van der Waals surface area contributed by atoms with Gasteiger partial charge in [-0.25, -0.2) is 0 Å². The zero-order chi connectivity index (χ0) is 13.9. The average Bonchev–Trinajstić information content (AvgIpc) is 3.32. The smallest absolute Gasteiger partial charge is 0.244 e. The van der Waals surface area contributed by atoms with Gasteiger partial charge in [0.2, 0.25) is 5.91 Å². The van der Waals surface area contributed by atoms with E-state index in [1.165, 1.54) is 24.0 Å². The molecule has 1 aliphatic heterocycles. The van der Waals surface area contributed by atoms with E-state index in [1.54, 1.807) is 0 Å². The average molecular weight is 270 g/mol. The Morgan fingerprint density at radius 1 is 1.20 bits per heavy atom. The number of carbonyl (C=O) groups excluding carboxylic acids is 1. The molecule has 1 heterocycles. The number of carbonyl (C=O) groups is 1. The molecule has 1 saturated heterocycles. The summed E-state index contributed by atoms with van der Waals surface area (Å²) in [5.74, 6) is 0.898. The van der Waals surface area contributed by atoms with Crippen molar-refractivity contribution < 1.29 is 4.79 Å². The summed E-state index contributed by atoms with van der Waals surface area (Å²) in [6, 6.07) is 9.27. The summed E-state index contributed by atoms with van der Waals surface area (Å²) in [5.41, 5.74) is 2.39. The zero-order valence-corrected chi connectivity index (χ0v) is 12.2. The summed E-state index contributed by atoms with van der Waals surface area (Å²) in [6.45, 7) is 4.42. The van der Waals surface area contributed by atoms with Crippen LogP contribution in [0.4, 0.5) is 0 Å². The molecule has 1 N–H and O–H groups in total. The van der Waals surface area contributed by atoms with E-state index in [1.807, 2.05) is 0 Å². The maximum absolute atomic E-state index is 12.6. The molecule has 0 aromatic heterocycles. The first-order valence-corrected chi connectivity index (χ1v) is 7.81. The topological polar surface area (TPSA) is 32.3 Å². The molecule has 0 bridgehead atoms. The molecule has 1 aromatic carbocycles. The van der Waals surface area contributed by atoms with E-state index < -0.39 is 0 Å². The highest BCUT2D eigenvalue weighted by molar-refractivity contribution is 5.92. The molecule has 3 nitrogen and oxygen atoms in total. The molecule has 1 amide bonds. The Morgan fingerprint density at radius 2 is 1.85 bits per heavy atom. The van der Waals surface area contributed by atoms with E-state index in [2.05, 4.69) is 48.3 Å². The van der Waals surface area contributed by atoms with Crippen molar-refractivity contribution in [1.29, 1.82) is 0 Å². The number of hydrogen-bond donors (Lipinski definition) is 1. The summed E-state index contributed by atoms with van der Waals surface area (Å²) in [4.78, 5) is 14.7. The highest BCUT2D eigenvalue weighted by Crippen LogP contribution is 2.49. The molecule has 3 aliphatic rings. The molecule has 2 saturated carbocycles. The van der Waals surface area contributed by atoms with Crippen molar-refractivity contribution in [3.8, 4) is 0 Å². The lowest BCUT2D eigenvalue weighted by Gasteiger charge is -2.24. The lowest BCUT2D eigenvalue weighted by Crippen LogP contribution is -2.33. The van der Waals surface area contributed by atoms with Crippen molar-refractivity contribution in [2.24, 2.45) is 0 Å². The third kappa shape index (κ3) is 1.80. The Labute approximate surface area is 120 Å². The zero-order valence-electron chi connectivity index (χ0n) is 12.2. The van der Waals surface area contributed by atoms with E-state index in [-0.39, 0.29) is 11.7 Å². The van der Waals surface area contributed by atoms with Crippen LogP contribution in [0.5, 0.6) is 0 Å². The van der Waals surface area contributed by atoms with Gasteiger partial charge in [0.1, 0.15) is 11.7 Å². The predicted octanol–water partition coefficient (Wildman–Crippen LogP) is 2.94. The van der Waals surface area contributed by atoms with E-state index in [9.17, 15) is 4.79 Å². The SMILES string of the molecule is CC(C)c1ccc(C2NC3(CC3)C(=O)N2C2CC2)cc1. The molecule has 20 heavy (non-hydrogen) atoms. The molecule has 2 aliphatic carbocycles. The maximum Gasteiger partial charge on any atom is 0.244 e. The van der Waals surface area contributed by atoms with Gasteiger partial charge in [0.15, 0.2) is 0 Å². The molecule has 1 spiro atoms. The molecule has 106 valence electrons. The number of nitrogens with zero attached hydrogens (tertiary/aromatic N) is 1. The highest BCUT2D eigenvalue weighted by Gasteiger charge is 2.61. The number of nitrogens with one attached hydrogen (secondary N) is 1. The molecule has 1 atom stereocenters. The van der Waals surface area contributed by atoms with Crippen LogP contribution in [0.1, 0.15) is 62.7 Å². The fourth-order valence-corrected chi connectivity index (χ4v) is 3.28. The van der Waals surface area contributed by atoms with Gasteiger partial charge < -0.3 is 4.90 Å². The molecular weight excluding hydrogens is 248 g/mol. The van der Waals surface area contributed by atoms with E-state index >= 15 is 0 Å². The summed E-state index contributed by atoms with van der Waals surface area (Å²) in [5, 5.41) is 3.60. The second-order valence-corrected chi connectivity index (χ2v) is 6.89. The number of amides is 1. The monoisotopic (exact) mass is 270 g/mol. The minimum Gasteiger partial charge on any atom is -0.318 e. The third-order valence-electron chi connectivity index (χ3n) is 4.94. The maximum atomic E-state index is 12.6. The van der Waals surface area contributed by atoms with Crippen molar-refractivity contribution in [2.75, 3.05) is 0 Å². The second-order valence-electron chi connectivity index (χ2n) is 6.89. The number of rotatable bonds is 3. The first kappa shape index (κ1) is 12.4. The minimum absolute atomic E-state index is 0.0960. The molecule has 1 aromatic rings. The molecular formula is C17H22N2O. The van der Waals surface area contributed by atoms with Gasteiger partial charge in [0, 0.05) is 6.04 Å². The third-order valence-corrected chi connectivity index (χ3v) is 4.94. The predicted molar refractivity (Wildman–Crippen MR) is 78.2 cm³/mol. The largest absolute Gasteiger partial charge is 0.318 e. The van der Waals surface area contributed by atoms with Crippen molar-refractivity contribution >= 4 is 5.91 Å². The van der Waals surface area contributed by atoms with Gasteiger partial charge in [-0.05, 0) is 42.7 Å². The number of benzene rings is 1.